The molecule has 0 unspecified atom stereocenters. The van der Waals surface area contributed by atoms with Gasteiger partial charge in [-0.05, 0) is 46.8 Å². The maximum Gasteiger partial charge on any atom is 0.145 e. The van der Waals surface area contributed by atoms with Gasteiger partial charge < -0.3 is 10.1 Å². The van der Waals surface area contributed by atoms with Crippen molar-refractivity contribution in [3.63, 3.8) is 0 Å². The van der Waals surface area contributed by atoms with Crippen molar-refractivity contribution >= 4 is 27.4 Å². The largest absolute Gasteiger partial charge is 0.382 e. The molecule has 3 nitrogen and oxygen atoms in total. The third-order valence-electron chi connectivity index (χ3n) is 2.60. The second-order valence-corrected chi connectivity index (χ2v) is 5.49. The van der Waals surface area contributed by atoms with Crippen molar-refractivity contribution in [2.75, 3.05) is 5.73 Å². The minimum absolute atomic E-state index is 0.571. The first-order valence-corrected chi connectivity index (χ1v) is 6.21. The van der Waals surface area contributed by atoms with Gasteiger partial charge in [0.25, 0.3) is 0 Å². The highest BCUT2D eigenvalue weighted by Gasteiger charge is 2.12. The molecule has 0 amide bonds. The number of rotatable bonds is 2. The van der Waals surface area contributed by atoms with Gasteiger partial charge in [-0.25, -0.2) is 4.98 Å². The molecule has 0 radical (unpaired) electrons. The van der Waals surface area contributed by atoms with Crippen LogP contribution in [0.2, 0.25) is 0 Å². The fourth-order valence-electron chi connectivity index (χ4n) is 1.92. The number of aryl methyl sites for hydroxylation is 1. The minimum atomic E-state index is 0.571. The number of hydrogen-bond acceptors (Lipinski definition) is 2. The number of nitrogens with two attached hydrogens (primary N) is 1. The van der Waals surface area contributed by atoms with Crippen molar-refractivity contribution in [2.24, 2.45) is 5.92 Å². The van der Waals surface area contributed by atoms with Gasteiger partial charge in [-0.15, -0.1) is 0 Å². The lowest BCUT2D eigenvalue weighted by atomic mass is 10.1. The second-order valence-electron chi connectivity index (χ2n) is 4.58. The second kappa shape index (κ2) is 4.09. The first-order chi connectivity index (χ1) is 7.49. The van der Waals surface area contributed by atoms with Crippen molar-refractivity contribution in [2.45, 2.75) is 27.2 Å². The Bertz CT molecular complexity index is 529. The molecule has 0 saturated heterocycles. The van der Waals surface area contributed by atoms with E-state index in [1.54, 1.807) is 0 Å². The standard InChI is InChI=1S/C12H16BrN3/c1-7(2)4-10-11(14)15-12-8(3)5-9(13)6-16(10)12/h5-7H,4,14H2,1-3H3. The molecule has 4 heteroatoms. The molecule has 0 atom stereocenters. The highest BCUT2D eigenvalue weighted by Crippen LogP contribution is 2.23. The summed E-state index contributed by atoms with van der Waals surface area (Å²) < 4.78 is 3.15. The summed E-state index contributed by atoms with van der Waals surface area (Å²) in [6, 6.07) is 2.06. The van der Waals surface area contributed by atoms with Crippen LogP contribution in [0, 0.1) is 12.8 Å². The summed E-state index contributed by atoms with van der Waals surface area (Å²) >= 11 is 3.50. The Labute approximate surface area is 104 Å². The van der Waals surface area contributed by atoms with Crippen molar-refractivity contribution in [1.29, 1.82) is 0 Å². The van der Waals surface area contributed by atoms with Crippen molar-refractivity contribution < 1.29 is 0 Å². The zero-order valence-electron chi connectivity index (χ0n) is 9.79. The summed E-state index contributed by atoms with van der Waals surface area (Å²) in [6.45, 7) is 6.42. The molecule has 0 spiro atoms. The number of aromatic nitrogens is 2. The van der Waals surface area contributed by atoms with Crippen LogP contribution in [0.15, 0.2) is 16.7 Å². The SMILES string of the molecule is Cc1cc(Br)cn2c(CC(C)C)c(N)nc12. The molecule has 2 heterocycles. The van der Waals surface area contributed by atoms with E-state index >= 15 is 0 Å². The number of anilines is 1. The van der Waals surface area contributed by atoms with Gasteiger partial charge in [0.2, 0.25) is 0 Å². The van der Waals surface area contributed by atoms with Crippen LogP contribution in [0.4, 0.5) is 5.82 Å². The minimum Gasteiger partial charge on any atom is -0.382 e. The van der Waals surface area contributed by atoms with Crippen LogP contribution in [-0.4, -0.2) is 9.38 Å². The first kappa shape index (κ1) is 11.5. The first-order valence-electron chi connectivity index (χ1n) is 5.41. The maximum absolute atomic E-state index is 5.97. The lowest BCUT2D eigenvalue weighted by Crippen LogP contribution is -2.02. The van der Waals surface area contributed by atoms with Crippen LogP contribution in [0.25, 0.3) is 5.65 Å². The van der Waals surface area contributed by atoms with Gasteiger partial charge in [-0.3, -0.25) is 0 Å². The zero-order valence-corrected chi connectivity index (χ0v) is 11.4. The van der Waals surface area contributed by atoms with E-state index in [4.69, 9.17) is 5.73 Å². The van der Waals surface area contributed by atoms with Crippen LogP contribution in [0.3, 0.4) is 0 Å². The van der Waals surface area contributed by atoms with Crippen LogP contribution in [0.1, 0.15) is 25.1 Å². The molecule has 0 aliphatic carbocycles. The average Bonchev–Trinajstić information content (AvgIpc) is 2.45. The summed E-state index contributed by atoms with van der Waals surface area (Å²) in [6.07, 6.45) is 2.98. The van der Waals surface area contributed by atoms with Crippen LogP contribution in [-0.2, 0) is 6.42 Å². The lowest BCUT2D eigenvalue weighted by Gasteiger charge is -2.07. The molecule has 2 N–H and O–H groups in total. The van der Waals surface area contributed by atoms with E-state index in [0.717, 1.165) is 27.8 Å². The lowest BCUT2D eigenvalue weighted by molar-refractivity contribution is 0.633. The van der Waals surface area contributed by atoms with E-state index in [-0.39, 0.29) is 0 Å². The fraction of sp³-hybridized carbons (Fsp3) is 0.417. The van der Waals surface area contributed by atoms with Gasteiger partial charge in [0.1, 0.15) is 11.5 Å². The average molecular weight is 282 g/mol. The van der Waals surface area contributed by atoms with Gasteiger partial charge in [0, 0.05) is 10.7 Å². The fourth-order valence-corrected chi connectivity index (χ4v) is 2.47. The number of pyridine rings is 1. The third kappa shape index (κ3) is 1.94. The summed E-state index contributed by atoms with van der Waals surface area (Å²) in [5.74, 6) is 1.22. The molecule has 0 aliphatic rings. The van der Waals surface area contributed by atoms with Crippen LogP contribution >= 0.6 is 15.9 Å². The maximum atomic E-state index is 5.97. The number of nitrogen functional groups attached to an aromatic ring is 1. The Kier molecular flexibility index (Phi) is 2.93. The van der Waals surface area contributed by atoms with E-state index in [1.807, 2.05) is 13.1 Å². The van der Waals surface area contributed by atoms with E-state index in [9.17, 15) is 0 Å². The molecular weight excluding hydrogens is 266 g/mol. The van der Waals surface area contributed by atoms with Gasteiger partial charge in [0.15, 0.2) is 0 Å². The van der Waals surface area contributed by atoms with Gasteiger partial charge in [0.05, 0.1) is 5.69 Å². The smallest absolute Gasteiger partial charge is 0.145 e. The summed E-state index contributed by atoms with van der Waals surface area (Å²) in [7, 11) is 0. The van der Waals surface area contributed by atoms with Crippen LogP contribution in [0.5, 0.6) is 0 Å². The predicted molar refractivity (Wildman–Crippen MR) is 70.6 cm³/mol. The summed E-state index contributed by atoms with van der Waals surface area (Å²) in [5.41, 5.74) is 9.17. The zero-order chi connectivity index (χ0) is 11.9. The molecule has 2 aromatic heterocycles. The Morgan fingerprint density at radius 2 is 2.19 bits per heavy atom. The topological polar surface area (TPSA) is 43.3 Å². The number of fused-ring (bicyclic) bond motifs is 1. The van der Waals surface area contributed by atoms with Crippen molar-refractivity contribution in [3.8, 4) is 0 Å². The molecule has 16 heavy (non-hydrogen) atoms. The highest BCUT2D eigenvalue weighted by molar-refractivity contribution is 9.10. The Morgan fingerprint density at radius 1 is 1.50 bits per heavy atom. The Balaban J connectivity index is 2.68. The number of imidazole rings is 1. The van der Waals surface area contributed by atoms with Crippen molar-refractivity contribution in [3.05, 3.63) is 28.0 Å². The normalized spacial score (nSPS) is 11.6. The van der Waals surface area contributed by atoms with E-state index < -0.39 is 0 Å². The van der Waals surface area contributed by atoms with Gasteiger partial charge >= 0.3 is 0 Å². The summed E-state index contributed by atoms with van der Waals surface area (Å²) in [5, 5.41) is 0. The van der Waals surface area contributed by atoms with E-state index in [0.29, 0.717) is 11.7 Å². The molecule has 0 saturated carbocycles. The summed E-state index contributed by atoms with van der Waals surface area (Å²) in [4.78, 5) is 4.43. The molecule has 0 aromatic carbocycles. The van der Waals surface area contributed by atoms with E-state index in [1.165, 1.54) is 0 Å². The van der Waals surface area contributed by atoms with Crippen molar-refractivity contribution in [1.82, 2.24) is 9.38 Å². The van der Waals surface area contributed by atoms with Gasteiger partial charge in [-0.1, -0.05) is 13.8 Å². The Morgan fingerprint density at radius 3 is 2.81 bits per heavy atom. The molecular formula is C12H16BrN3. The van der Waals surface area contributed by atoms with Crippen LogP contribution < -0.4 is 5.73 Å². The molecule has 2 aromatic rings. The number of halogens is 1. The number of nitrogens with zero attached hydrogens (tertiary/aromatic N) is 2. The molecule has 86 valence electrons. The van der Waals surface area contributed by atoms with Gasteiger partial charge in [-0.2, -0.15) is 0 Å². The Hall–Kier alpha value is -1.03. The molecule has 0 fully saturated rings. The quantitative estimate of drug-likeness (QED) is 0.919. The predicted octanol–water partition coefficient (Wildman–Crippen LogP) is 3.19. The molecule has 0 aliphatic heterocycles. The molecule has 0 bridgehead atoms. The van der Waals surface area contributed by atoms with E-state index in [2.05, 4.69) is 45.2 Å². The highest BCUT2D eigenvalue weighted by atomic mass is 79.9. The monoisotopic (exact) mass is 281 g/mol. The number of hydrogen-bond donors (Lipinski definition) is 1. The molecule has 2 rings (SSSR count). The third-order valence-corrected chi connectivity index (χ3v) is 3.04.